The number of nitrogens with one attached hydrogen (secondary N) is 3. The Morgan fingerprint density at radius 3 is 2.79 bits per heavy atom. The maximum Gasteiger partial charge on any atom is 0.101 e. The van der Waals surface area contributed by atoms with Gasteiger partial charge in [-0.15, -0.1) is 0 Å². The summed E-state index contributed by atoms with van der Waals surface area (Å²) in [6.45, 7) is 4.10. The highest BCUT2D eigenvalue weighted by Crippen LogP contribution is 2.39. The largest absolute Gasteiger partial charge is 0.392 e. The molecule has 6 unspecified atom stereocenters. The number of aliphatic hydroxyl groups excluding tert-OH is 2. The standard InChI is InChI=1S/C20H36FN5O3/c21-13-1-2-18-16(5-13)17-6-14(27)10-25(17)19-3-4-26-20(24-19)12(8-23-26)7-22-9-15(28)11-29-18/h12-20,22-24,27-28H,1-11H2/t12?,13?,14-,15-,16?,17+,18?,19?,20?/m1/s1. The lowest BCUT2D eigenvalue weighted by atomic mass is 9.79. The molecule has 0 spiro atoms. The zero-order valence-electron chi connectivity index (χ0n) is 17.0. The van der Waals surface area contributed by atoms with Crippen molar-refractivity contribution in [2.45, 2.75) is 75.0 Å². The van der Waals surface area contributed by atoms with E-state index < -0.39 is 12.3 Å². The van der Waals surface area contributed by atoms with Crippen molar-refractivity contribution >= 4 is 0 Å². The first-order valence-corrected chi connectivity index (χ1v) is 11.4. The van der Waals surface area contributed by atoms with Gasteiger partial charge >= 0.3 is 0 Å². The van der Waals surface area contributed by atoms with E-state index in [1.807, 2.05) is 0 Å². The fourth-order valence-electron chi connectivity index (χ4n) is 6.24. The quantitative estimate of drug-likeness (QED) is 0.345. The molecule has 0 radical (unpaired) electrons. The van der Waals surface area contributed by atoms with E-state index in [-0.39, 0.29) is 43.1 Å². The van der Waals surface area contributed by atoms with Crippen molar-refractivity contribution in [1.29, 1.82) is 0 Å². The molecule has 0 aromatic heterocycles. The van der Waals surface area contributed by atoms with Crippen LogP contribution < -0.4 is 16.1 Å². The van der Waals surface area contributed by atoms with E-state index in [4.69, 9.17) is 4.74 Å². The van der Waals surface area contributed by atoms with Gasteiger partial charge in [0.2, 0.25) is 0 Å². The van der Waals surface area contributed by atoms with Gasteiger partial charge in [-0.25, -0.2) is 9.40 Å². The molecule has 9 heteroatoms. The molecule has 4 heterocycles. The van der Waals surface area contributed by atoms with Crippen LogP contribution >= 0.6 is 0 Å². The minimum Gasteiger partial charge on any atom is -0.392 e. The Kier molecular flexibility index (Phi) is 6.10. The highest BCUT2D eigenvalue weighted by molar-refractivity contribution is 5.00. The number of rotatable bonds is 0. The molecule has 5 aliphatic rings. The van der Waals surface area contributed by atoms with Gasteiger partial charge in [-0.2, -0.15) is 0 Å². The van der Waals surface area contributed by atoms with Crippen LogP contribution in [0.2, 0.25) is 0 Å². The highest BCUT2D eigenvalue weighted by Gasteiger charge is 2.48. The van der Waals surface area contributed by atoms with Crippen molar-refractivity contribution in [2.24, 2.45) is 11.8 Å². The molecule has 1 saturated carbocycles. The molecule has 9 atom stereocenters. The van der Waals surface area contributed by atoms with E-state index in [0.29, 0.717) is 44.7 Å². The fraction of sp³-hybridized carbons (Fsp3) is 1.00. The van der Waals surface area contributed by atoms with E-state index >= 15 is 0 Å². The molecule has 2 bridgehead atoms. The minimum absolute atomic E-state index is 0.0522. The second-order valence-corrected chi connectivity index (χ2v) is 9.64. The molecule has 8 nitrogen and oxygen atoms in total. The second kappa shape index (κ2) is 8.63. The van der Waals surface area contributed by atoms with E-state index in [2.05, 4.69) is 26.0 Å². The Hall–Kier alpha value is -0.390. The molecule has 0 amide bonds. The number of halogens is 1. The smallest absolute Gasteiger partial charge is 0.101 e. The van der Waals surface area contributed by atoms with Crippen LogP contribution in [0.3, 0.4) is 0 Å². The summed E-state index contributed by atoms with van der Waals surface area (Å²) in [5, 5.41) is 30.4. The van der Waals surface area contributed by atoms with Crippen molar-refractivity contribution < 1.29 is 19.3 Å². The van der Waals surface area contributed by atoms with Gasteiger partial charge in [0.25, 0.3) is 0 Å². The number of hydrogen-bond donors (Lipinski definition) is 5. The van der Waals surface area contributed by atoms with Crippen molar-refractivity contribution in [1.82, 2.24) is 26.0 Å². The molecule has 29 heavy (non-hydrogen) atoms. The Bertz CT molecular complexity index is 574. The summed E-state index contributed by atoms with van der Waals surface area (Å²) in [6, 6.07) is 0.114. The summed E-state index contributed by atoms with van der Waals surface area (Å²) in [4.78, 5) is 2.39. The molecule has 5 rings (SSSR count). The summed E-state index contributed by atoms with van der Waals surface area (Å²) in [5.74, 6) is 0.453. The van der Waals surface area contributed by atoms with Gasteiger partial charge in [0.1, 0.15) is 6.17 Å². The third kappa shape index (κ3) is 4.21. The first kappa shape index (κ1) is 20.5. The van der Waals surface area contributed by atoms with E-state index in [1.165, 1.54) is 0 Å². The van der Waals surface area contributed by atoms with E-state index in [1.54, 1.807) is 0 Å². The van der Waals surface area contributed by atoms with E-state index in [9.17, 15) is 14.6 Å². The second-order valence-electron chi connectivity index (χ2n) is 9.64. The summed E-state index contributed by atoms with van der Waals surface area (Å²) < 4.78 is 20.6. The lowest BCUT2D eigenvalue weighted by molar-refractivity contribution is -0.0881. The van der Waals surface area contributed by atoms with Gasteiger partial charge in [0.15, 0.2) is 0 Å². The van der Waals surface area contributed by atoms with Gasteiger partial charge in [-0.3, -0.25) is 15.6 Å². The van der Waals surface area contributed by atoms with Crippen LogP contribution in [0, 0.1) is 11.8 Å². The number of nitrogens with zero attached hydrogens (tertiary/aromatic N) is 2. The number of β-amino-alcohol motifs (C(OH)–C–C–N with tert-alkyl or cyclic N) is 1. The number of hydrogen-bond acceptors (Lipinski definition) is 8. The van der Waals surface area contributed by atoms with Gasteiger partial charge in [-0.05, 0) is 32.1 Å². The summed E-state index contributed by atoms with van der Waals surface area (Å²) >= 11 is 0. The van der Waals surface area contributed by atoms with Crippen molar-refractivity contribution in [2.75, 3.05) is 39.3 Å². The molecule has 0 aromatic carbocycles. The molecular formula is C20H36FN5O3. The van der Waals surface area contributed by atoms with Crippen molar-refractivity contribution in [3.05, 3.63) is 0 Å². The predicted octanol–water partition coefficient (Wildman–Crippen LogP) is -1.01. The highest BCUT2D eigenvalue weighted by atomic mass is 19.1. The third-order valence-electron chi connectivity index (χ3n) is 7.66. The van der Waals surface area contributed by atoms with Crippen molar-refractivity contribution in [3.63, 3.8) is 0 Å². The third-order valence-corrected chi connectivity index (χ3v) is 7.66. The van der Waals surface area contributed by atoms with Gasteiger partial charge in [0.05, 0.1) is 37.3 Å². The zero-order chi connectivity index (χ0) is 20.0. The lowest BCUT2D eigenvalue weighted by Crippen LogP contribution is -2.64. The molecule has 4 aliphatic heterocycles. The maximum atomic E-state index is 14.4. The van der Waals surface area contributed by atoms with Crippen LogP contribution in [0.1, 0.15) is 32.1 Å². The first-order valence-electron chi connectivity index (χ1n) is 11.4. The lowest BCUT2D eigenvalue weighted by Gasteiger charge is -2.47. The molecular weight excluding hydrogens is 377 g/mol. The maximum absolute atomic E-state index is 14.4. The molecule has 4 saturated heterocycles. The van der Waals surface area contributed by atoms with Crippen LogP contribution in [-0.4, -0.2) is 102 Å². The predicted molar refractivity (Wildman–Crippen MR) is 105 cm³/mol. The average molecular weight is 414 g/mol. The van der Waals surface area contributed by atoms with Crippen LogP contribution in [0.25, 0.3) is 0 Å². The Labute approximate surface area is 172 Å². The molecule has 1 aliphatic carbocycles. The number of alkyl halides is 1. The molecule has 5 N–H and O–H groups in total. The summed E-state index contributed by atoms with van der Waals surface area (Å²) in [5.41, 5.74) is 3.50. The van der Waals surface area contributed by atoms with Crippen molar-refractivity contribution in [3.8, 4) is 0 Å². The number of aliphatic hydroxyl groups is 2. The van der Waals surface area contributed by atoms with Gasteiger partial charge in [-0.1, -0.05) is 0 Å². The van der Waals surface area contributed by atoms with E-state index in [0.717, 1.165) is 26.1 Å². The monoisotopic (exact) mass is 413 g/mol. The molecule has 0 aromatic rings. The summed E-state index contributed by atoms with van der Waals surface area (Å²) in [6.07, 6.45) is 1.97. The number of hydrazine groups is 1. The number of fused-ring (bicyclic) bond motifs is 5. The number of ether oxygens (including phenoxy) is 1. The Balaban J connectivity index is 1.41. The van der Waals surface area contributed by atoms with Crippen LogP contribution in [0.15, 0.2) is 0 Å². The van der Waals surface area contributed by atoms with Crippen LogP contribution in [-0.2, 0) is 4.74 Å². The topological polar surface area (TPSA) is 92.3 Å². The minimum atomic E-state index is -0.803. The van der Waals surface area contributed by atoms with Crippen LogP contribution in [0.5, 0.6) is 0 Å². The average Bonchev–Trinajstić information content (AvgIpc) is 3.29. The Morgan fingerprint density at radius 2 is 1.90 bits per heavy atom. The normalized spacial score (nSPS) is 50.0. The van der Waals surface area contributed by atoms with Gasteiger partial charge < -0.3 is 20.3 Å². The molecule has 5 fully saturated rings. The molecule has 166 valence electrons. The van der Waals surface area contributed by atoms with Crippen LogP contribution in [0.4, 0.5) is 4.39 Å². The first-order chi connectivity index (χ1) is 14.1. The Morgan fingerprint density at radius 1 is 1.00 bits per heavy atom. The SMILES string of the molecule is O[C@@H]1CNCC2CNN3CCC(NC23)N2C[C@H](O)C[C@H]2C2CC(F)CCC2OC1. The zero-order valence-corrected chi connectivity index (χ0v) is 17.0. The summed E-state index contributed by atoms with van der Waals surface area (Å²) in [7, 11) is 0. The fourth-order valence-corrected chi connectivity index (χ4v) is 6.24. The van der Waals surface area contributed by atoms with Gasteiger partial charge in [0, 0.05) is 50.6 Å².